The first-order valence-corrected chi connectivity index (χ1v) is 10.3. The molecule has 0 aromatic heterocycles. The standard InChI is InChI=1S/C22H33N3O4/c1-14(2)12-18(22(28)29)23-19(26)10-11-25(17-8-9-17)13-20(27)24-21-15(3)6-5-7-16(21)4/h5-7,14,17-18H,8-13H2,1-4H3,(H,23,26)(H,24,27)(H,28,29). The van der Waals surface area contributed by atoms with Crippen molar-refractivity contribution in [3.05, 3.63) is 29.3 Å². The van der Waals surface area contributed by atoms with Crippen molar-refractivity contribution in [2.24, 2.45) is 5.92 Å². The number of rotatable bonds is 11. The maximum Gasteiger partial charge on any atom is 0.326 e. The second kappa shape index (κ2) is 10.4. The number of hydrogen-bond acceptors (Lipinski definition) is 4. The van der Waals surface area contributed by atoms with Gasteiger partial charge in [0.15, 0.2) is 0 Å². The quantitative estimate of drug-likeness (QED) is 0.528. The van der Waals surface area contributed by atoms with Crippen LogP contribution in [0, 0.1) is 19.8 Å². The van der Waals surface area contributed by atoms with Gasteiger partial charge < -0.3 is 15.7 Å². The SMILES string of the molecule is Cc1cccc(C)c1NC(=O)CN(CCC(=O)NC(CC(C)C)C(=O)O)C1CC1. The molecule has 0 spiro atoms. The number of aryl methyl sites for hydroxylation is 2. The lowest BCUT2D eigenvalue weighted by Gasteiger charge is -2.22. The van der Waals surface area contributed by atoms with Gasteiger partial charge in [0.25, 0.3) is 0 Å². The number of nitrogens with zero attached hydrogens (tertiary/aromatic N) is 1. The van der Waals surface area contributed by atoms with E-state index in [4.69, 9.17) is 0 Å². The van der Waals surface area contributed by atoms with Crippen LogP contribution in [0.2, 0.25) is 0 Å². The molecule has 0 aliphatic heterocycles. The van der Waals surface area contributed by atoms with Gasteiger partial charge in [-0.1, -0.05) is 32.0 Å². The normalized spacial score (nSPS) is 14.7. The lowest BCUT2D eigenvalue weighted by atomic mass is 10.0. The van der Waals surface area contributed by atoms with Crippen molar-refractivity contribution in [3.8, 4) is 0 Å². The van der Waals surface area contributed by atoms with Crippen LogP contribution in [-0.2, 0) is 14.4 Å². The van der Waals surface area contributed by atoms with Crippen LogP contribution in [0.5, 0.6) is 0 Å². The molecule has 160 valence electrons. The maximum atomic E-state index is 12.6. The summed E-state index contributed by atoms with van der Waals surface area (Å²) in [5, 5.41) is 14.9. The first-order chi connectivity index (χ1) is 13.7. The highest BCUT2D eigenvalue weighted by Gasteiger charge is 2.31. The van der Waals surface area contributed by atoms with Crippen molar-refractivity contribution < 1.29 is 19.5 Å². The number of carboxylic acids is 1. The van der Waals surface area contributed by atoms with Gasteiger partial charge in [0.2, 0.25) is 11.8 Å². The summed E-state index contributed by atoms with van der Waals surface area (Å²) in [5.74, 6) is -1.23. The van der Waals surface area contributed by atoms with Gasteiger partial charge in [0, 0.05) is 24.7 Å². The monoisotopic (exact) mass is 403 g/mol. The van der Waals surface area contributed by atoms with E-state index >= 15 is 0 Å². The van der Waals surface area contributed by atoms with Crippen LogP contribution in [0.15, 0.2) is 18.2 Å². The molecule has 3 N–H and O–H groups in total. The smallest absolute Gasteiger partial charge is 0.326 e. The first-order valence-electron chi connectivity index (χ1n) is 10.3. The van der Waals surface area contributed by atoms with Gasteiger partial charge in [-0.25, -0.2) is 4.79 Å². The van der Waals surface area contributed by atoms with Crippen molar-refractivity contribution in [2.45, 2.75) is 65.5 Å². The van der Waals surface area contributed by atoms with Crippen molar-refractivity contribution >= 4 is 23.5 Å². The molecule has 2 rings (SSSR count). The molecule has 1 saturated carbocycles. The van der Waals surface area contributed by atoms with Gasteiger partial charge in [-0.3, -0.25) is 14.5 Å². The second-order valence-electron chi connectivity index (χ2n) is 8.35. The van der Waals surface area contributed by atoms with E-state index in [0.717, 1.165) is 29.7 Å². The Hall–Kier alpha value is -2.41. The van der Waals surface area contributed by atoms with Crippen molar-refractivity contribution in [1.29, 1.82) is 0 Å². The van der Waals surface area contributed by atoms with Gasteiger partial charge in [-0.15, -0.1) is 0 Å². The number of carboxylic acid groups (broad SMARTS) is 1. The minimum Gasteiger partial charge on any atom is -0.480 e. The number of nitrogens with one attached hydrogen (secondary N) is 2. The number of amides is 2. The van der Waals surface area contributed by atoms with Gasteiger partial charge in [0.05, 0.1) is 6.54 Å². The largest absolute Gasteiger partial charge is 0.480 e. The van der Waals surface area contributed by atoms with E-state index in [1.165, 1.54) is 0 Å². The molecule has 7 nitrogen and oxygen atoms in total. The molecular formula is C22H33N3O4. The van der Waals surface area contributed by atoms with Crippen LogP contribution in [0.3, 0.4) is 0 Å². The van der Waals surface area contributed by atoms with Crippen molar-refractivity contribution in [2.75, 3.05) is 18.4 Å². The summed E-state index contributed by atoms with van der Waals surface area (Å²) in [6.07, 6.45) is 2.60. The molecule has 2 amide bonds. The zero-order chi connectivity index (χ0) is 21.6. The molecule has 0 heterocycles. The van der Waals surface area contributed by atoms with Gasteiger partial charge >= 0.3 is 5.97 Å². The average Bonchev–Trinajstić information content (AvgIpc) is 3.46. The summed E-state index contributed by atoms with van der Waals surface area (Å²) in [6, 6.07) is 5.32. The predicted octanol–water partition coefficient (Wildman–Crippen LogP) is 2.71. The average molecular weight is 404 g/mol. The lowest BCUT2D eigenvalue weighted by Crippen LogP contribution is -2.43. The van der Waals surface area contributed by atoms with Crippen LogP contribution in [-0.4, -0.2) is 53.0 Å². The van der Waals surface area contributed by atoms with Gasteiger partial charge in [-0.05, 0) is 50.2 Å². The number of para-hydroxylation sites is 1. The third-order valence-corrected chi connectivity index (χ3v) is 5.12. The zero-order valence-electron chi connectivity index (χ0n) is 17.8. The van der Waals surface area contributed by atoms with Gasteiger partial charge in [0.1, 0.15) is 6.04 Å². The molecule has 7 heteroatoms. The minimum atomic E-state index is -1.01. The van der Waals surface area contributed by atoms with E-state index in [2.05, 4.69) is 10.6 Å². The van der Waals surface area contributed by atoms with Crippen molar-refractivity contribution in [1.82, 2.24) is 10.2 Å². The van der Waals surface area contributed by atoms with Crippen LogP contribution < -0.4 is 10.6 Å². The summed E-state index contributed by atoms with van der Waals surface area (Å²) >= 11 is 0. The molecule has 1 aliphatic rings. The summed E-state index contributed by atoms with van der Waals surface area (Å²) in [6.45, 7) is 8.42. The number of anilines is 1. The Kier molecular flexibility index (Phi) is 8.20. The molecule has 0 saturated heterocycles. The maximum absolute atomic E-state index is 12.6. The van der Waals surface area contributed by atoms with E-state index in [-0.39, 0.29) is 30.7 Å². The molecule has 1 atom stereocenters. The number of carbonyl (C=O) groups excluding carboxylic acids is 2. The molecule has 29 heavy (non-hydrogen) atoms. The summed E-state index contributed by atoms with van der Waals surface area (Å²) in [4.78, 5) is 38.2. The Morgan fingerprint density at radius 2 is 1.76 bits per heavy atom. The Morgan fingerprint density at radius 1 is 1.14 bits per heavy atom. The highest BCUT2D eigenvalue weighted by molar-refractivity contribution is 5.93. The topological polar surface area (TPSA) is 98.7 Å². The fourth-order valence-corrected chi connectivity index (χ4v) is 3.41. The van der Waals surface area contributed by atoms with Crippen LogP contribution in [0.4, 0.5) is 5.69 Å². The summed E-state index contributed by atoms with van der Waals surface area (Å²) in [7, 11) is 0. The second-order valence-corrected chi connectivity index (χ2v) is 8.35. The Labute approximate surface area is 172 Å². The highest BCUT2D eigenvalue weighted by Crippen LogP contribution is 2.27. The van der Waals surface area contributed by atoms with E-state index in [0.29, 0.717) is 19.0 Å². The van der Waals surface area contributed by atoms with E-state index in [1.54, 1.807) is 0 Å². The zero-order valence-corrected chi connectivity index (χ0v) is 17.8. The predicted molar refractivity (Wildman–Crippen MR) is 113 cm³/mol. The number of benzene rings is 1. The van der Waals surface area contributed by atoms with Gasteiger partial charge in [-0.2, -0.15) is 0 Å². The molecule has 1 unspecified atom stereocenters. The Bertz CT molecular complexity index is 723. The fourth-order valence-electron chi connectivity index (χ4n) is 3.41. The summed E-state index contributed by atoms with van der Waals surface area (Å²) in [5.41, 5.74) is 2.87. The van der Waals surface area contributed by atoms with E-state index in [9.17, 15) is 19.5 Å². The molecule has 0 bridgehead atoms. The number of aliphatic carboxylic acids is 1. The van der Waals surface area contributed by atoms with Crippen LogP contribution >= 0.6 is 0 Å². The van der Waals surface area contributed by atoms with Crippen molar-refractivity contribution in [3.63, 3.8) is 0 Å². The lowest BCUT2D eigenvalue weighted by molar-refractivity contribution is -0.142. The highest BCUT2D eigenvalue weighted by atomic mass is 16.4. The third-order valence-electron chi connectivity index (χ3n) is 5.12. The third kappa shape index (κ3) is 7.49. The fraction of sp³-hybridized carbons (Fsp3) is 0.591. The molecular weight excluding hydrogens is 370 g/mol. The van der Waals surface area contributed by atoms with Crippen LogP contribution in [0.25, 0.3) is 0 Å². The van der Waals surface area contributed by atoms with E-state index < -0.39 is 12.0 Å². The molecule has 1 aromatic carbocycles. The number of hydrogen-bond donors (Lipinski definition) is 3. The first kappa shape index (κ1) is 22.9. The molecule has 1 aromatic rings. The Balaban J connectivity index is 1.87. The molecule has 1 fully saturated rings. The van der Waals surface area contributed by atoms with Crippen LogP contribution in [0.1, 0.15) is 50.7 Å². The van der Waals surface area contributed by atoms with E-state index in [1.807, 2.05) is 50.8 Å². The molecule has 0 radical (unpaired) electrons. The Morgan fingerprint density at radius 3 is 2.28 bits per heavy atom. The minimum absolute atomic E-state index is 0.0991. The molecule has 1 aliphatic carbocycles. The number of carbonyl (C=O) groups is 3. The summed E-state index contributed by atoms with van der Waals surface area (Å²) < 4.78 is 0.